The molecule has 0 bridgehead atoms. The summed E-state index contributed by atoms with van der Waals surface area (Å²) in [5, 5.41) is 14.2. The van der Waals surface area contributed by atoms with Crippen LogP contribution in [-0.4, -0.2) is 33.4 Å². The molecule has 0 spiro atoms. The van der Waals surface area contributed by atoms with Crippen molar-refractivity contribution in [1.82, 2.24) is 4.90 Å². The molecule has 11 heteroatoms. The number of anilines is 1. The summed E-state index contributed by atoms with van der Waals surface area (Å²) in [4.78, 5) is 51.2. The van der Waals surface area contributed by atoms with Crippen LogP contribution in [-0.2, 0) is 9.59 Å². The van der Waals surface area contributed by atoms with Gasteiger partial charge in [-0.05, 0) is 73.1 Å². The number of amides is 3. The summed E-state index contributed by atoms with van der Waals surface area (Å²) < 4.78 is 0. The zero-order valence-electron chi connectivity index (χ0n) is 19.7. The van der Waals surface area contributed by atoms with Crippen LogP contribution in [0.4, 0.5) is 16.2 Å². The molecule has 1 saturated heterocycles. The number of nitro benzene ring substituents is 1. The summed E-state index contributed by atoms with van der Waals surface area (Å²) in [6.07, 6.45) is 1.41. The molecule has 0 saturated carbocycles. The van der Waals surface area contributed by atoms with Crippen LogP contribution < -0.4 is 5.32 Å². The Morgan fingerprint density at radius 1 is 1.11 bits per heavy atom. The van der Waals surface area contributed by atoms with Crippen molar-refractivity contribution in [3.63, 3.8) is 0 Å². The lowest BCUT2D eigenvalue weighted by Gasteiger charge is -2.13. The Morgan fingerprint density at radius 3 is 2.51 bits per heavy atom. The average molecular weight is 554 g/mol. The monoisotopic (exact) mass is 553 g/mol. The molecule has 3 aromatic carbocycles. The largest absolute Gasteiger partial charge is 0.324 e. The maximum atomic E-state index is 12.8. The fourth-order valence-electron chi connectivity index (χ4n) is 3.39. The number of rotatable bonds is 7. The molecular formula is C26H20ClN3O5S2. The number of benzene rings is 3. The molecule has 188 valence electrons. The van der Waals surface area contributed by atoms with Gasteiger partial charge in [-0.2, -0.15) is 0 Å². The Bertz CT molecular complexity index is 1460. The van der Waals surface area contributed by atoms with Crippen LogP contribution >= 0.6 is 35.1 Å². The van der Waals surface area contributed by atoms with Gasteiger partial charge in [-0.1, -0.05) is 53.2 Å². The van der Waals surface area contributed by atoms with Crippen molar-refractivity contribution in [3.8, 4) is 0 Å². The van der Waals surface area contributed by atoms with Gasteiger partial charge in [-0.15, -0.1) is 0 Å². The van der Waals surface area contributed by atoms with Crippen molar-refractivity contribution in [2.45, 2.75) is 23.6 Å². The third kappa shape index (κ3) is 6.40. The number of aryl methyl sites for hydroxylation is 2. The second-order valence-corrected chi connectivity index (χ2v) is 10.7. The summed E-state index contributed by atoms with van der Waals surface area (Å²) >= 11 is 8.01. The molecule has 1 heterocycles. The van der Waals surface area contributed by atoms with Crippen LogP contribution in [0.15, 0.2) is 75.4 Å². The number of nitrogens with zero attached hydrogens (tertiary/aromatic N) is 2. The first-order chi connectivity index (χ1) is 17.6. The van der Waals surface area contributed by atoms with Gasteiger partial charge in [0.15, 0.2) is 0 Å². The van der Waals surface area contributed by atoms with Crippen molar-refractivity contribution in [1.29, 1.82) is 0 Å². The molecule has 0 aromatic heterocycles. The Morgan fingerprint density at radius 2 is 1.84 bits per heavy atom. The lowest BCUT2D eigenvalue weighted by atomic mass is 10.2. The fourth-order valence-corrected chi connectivity index (χ4v) is 5.31. The molecule has 4 rings (SSSR count). The number of halogens is 1. The lowest BCUT2D eigenvalue weighted by Crippen LogP contribution is -2.36. The third-order valence-electron chi connectivity index (χ3n) is 5.36. The van der Waals surface area contributed by atoms with E-state index >= 15 is 0 Å². The number of imide groups is 1. The fraction of sp³-hybridized carbons (Fsp3) is 0.115. The van der Waals surface area contributed by atoms with Gasteiger partial charge in [0.1, 0.15) is 6.54 Å². The van der Waals surface area contributed by atoms with E-state index in [1.54, 1.807) is 30.3 Å². The van der Waals surface area contributed by atoms with Gasteiger partial charge in [0.05, 0.1) is 14.7 Å². The van der Waals surface area contributed by atoms with E-state index in [4.69, 9.17) is 11.6 Å². The van der Waals surface area contributed by atoms with E-state index in [0.29, 0.717) is 32.9 Å². The van der Waals surface area contributed by atoms with Gasteiger partial charge >= 0.3 is 0 Å². The minimum absolute atomic E-state index is 0.0735. The van der Waals surface area contributed by atoms with Gasteiger partial charge in [0.25, 0.3) is 16.8 Å². The maximum absolute atomic E-state index is 12.8. The Labute approximate surface area is 226 Å². The van der Waals surface area contributed by atoms with Gasteiger partial charge in [0, 0.05) is 21.7 Å². The Hall–Kier alpha value is -3.60. The lowest BCUT2D eigenvalue weighted by molar-refractivity contribution is -0.387. The molecule has 0 aliphatic carbocycles. The summed E-state index contributed by atoms with van der Waals surface area (Å²) in [6, 6.07) is 17.2. The molecule has 3 aromatic rings. The third-order valence-corrected chi connectivity index (χ3v) is 7.74. The highest BCUT2D eigenvalue weighted by molar-refractivity contribution is 8.18. The molecular weight excluding hydrogens is 534 g/mol. The van der Waals surface area contributed by atoms with Gasteiger partial charge in [-0.25, -0.2) is 0 Å². The number of carbonyl (C=O) groups is 3. The van der Waals surface area contributed by atoms with Crippen LogP contribution in [0.2, 0.25) is 5.02 Å². The summed E-state index contributed by atoms with van der Waals surface area (Å²) in [7, 11) is 0. The van der Waals surface area contributed by atoms with E-state index in [2.05, 4.69) is 5.32 Å². The number of carbonyl (C=O) groups excluding carboxylic acids is 3. The molecule has 8 nitrogen and oxygen atoms in total. The number of nitrogens with one attached hydrogen (secondary N) is 1. The first-order valence-corrected chi connectivity index (χ1v) is 13.0. The standard InChI is InChI=1S/C26H20ClN3O5S2/c1-15-3-8-19(9-4-15)36-22-10-6-17(11-21(22)30(34)35)12-23-25(32)29(26(33)37-23)14-24(31)28-18-7-5-16(2)20(27)13-18/h3-13H,14H2,1-2H3,(H,28,31). The minimum Gasteiger partial charge on any atom is -0.324 e. The molecule has 37 heavy (non-hydrogen) atoms. The van der Waals surface area contributed by atoms with Gasteiger partial charge in [-0.3, -0.25) is 29.4 Å². The highest BCUT2D eigenvalue weighted by Gasteiger charge is 2.36. The molecule has 1 aliphatic rings. The van der Waals surface area contributed by atoms with E-state index in [1.165, 1.54) is 23.9 Å². The zero-order chi connectivity index (χ0) is 26.7. The predicted octanol–water partition coefficient (Wildman–Crippen LogP) is 6.69. The maximum Gasteiger partial charge on any atom is 0.294 e. The zero-order valence-corrected chi connectivity index (χ0v) is 22.1. The van der Waals surface area contributed by atoms with E-state index in [0.717, 1.165) is 20.9 Å². The van der Waals surface area contributed by atoms with Gasteiger partial charge < -0.3 is 5.32 Å². The predicted molar refractivity (Wildman–Crippen MR) is 146 cm³/mol. The summed E-state index contributed by atoms with van der Waals surface area (Å²) in [6.45, 7) is 3.31. The highest BCUT2D eigenvalue weighted by Crippen LogP contribution is 2.37. The summed E-state index contributed by atoms with van der Waals surface area (Å²) in [5.74, 6) is -1.20. The number of thioether (sulfide) groups is 1. The molecule has 0 atom stereocenters. The molecule has 0 unspecified atom stereocenters. The van der Waals surface area contributed by atoms with Crippen molar-refractivity contribution in [3.05, 3.63) is 97.4 Å². The van der Waals surface area contributed by atoms with Crippen LogP contribution in [0.1, 0.15) is 16.7 Å². The first kappa shape index (κ1) is 26.5. The first-order valence-electron chi connectivity index (χ1n) is 10.9. The van der Waals surface area contributed by atoms with Crippen molar-refractivity contribution >= 4 is 69.6 Å². The van der Waals surface area contributed by atoms with Crippen LogP contribution in [0.25, 0.3) is 6.08 Å². The quantitative estimate of drug-likeness (QED) is 0.197. The molecule has 3 amide bonds. The normalized spacial score (nSPS) is 14.4. The SMILES string of the molecule is Cc1ccc(Sc2ccc(C=C3SC(=O)N(CC(=O)Nc4ccc(C)c(Cl)c4)C3=O)cc2[N+](=O)[O-])cc1. The van der Waals surface area contributed by atoms with Crippen molar-refractivity contribution in [2.24, 2.45) is 0 Å². The second-order valence-electron chi connectivity index (χ2n) is 8.18. The van der Waals surface area contributed by atoms with E-state index in [1.807, 2.05) is 38.1 Å². The Balaban J connectivity index is 1.49. The van der Waals surface area contributed by atoms with Crippen LogP contribution in [0.3, 0.4) is 0 Å². The van der Waals surface area contributed by atoms with Gasteiger partial charge in [0.2, 0.25) is 5.91 Å². The minimum atomic E-state index is -0.646. The van der Waals surface area contributed by atoms with Crippen LogP contribution in [0.5, 0.6) is 0 Å². The topological polar surface area (TPSA) is 110 Å². The molecule has 1 aliphatic heterocycles. The van der Waals surface area contributed by atoms with Crippen molar-refractivity contribution < 1.29 is 19.3 Å². The number of hydrogen-bond donors (Lipinski definition) is 1. The molecule has 1 fully saturated rings. The number of hydrogen-bond acceptors (Lipinski definition) is 7. The average Bonchev–Trinajstić information content (AvgIpc) is 3.10. The van der Waals surface area contributed by atoms with Crippen LogP contribution in [0, 0.1) is 24.0 Å². The molecule has 0 radical (unpaired) electrons. The molecule has 1 N–H and O–H groups in total. The summed E-state index contributed by atoms with van der Waals surface area (Å²) in [5.41, 5.74) is 2.65. The number of nitro groups is 1. The second kappa shape index (κ2) is 11.2. The Kier molecular flexibility index (Phi) is 8.01. The smallest absolute Gasteiger partial charge is 0.294 e. The highest BCUT2D eigenvalue weighted by atomic mass is 35.5. The van der Waals surface area contributed by atoms with E-state index in [-0.39, 0.29) is 10.6 Å². The van der Waals surface area contributed by atoms with Crippen molar-refractivity contribution in [2.75, 3.05) is 11.9 Å². The van der Waals surface area contributed by atoms with E-state index in [9.17, 15) is 24.5 Å². The van der Waals surface area contributed by atoms with E-state index < -0.39 is 28.5 Å².